The molecule has 0 radical (unpaired) electrons. The van der Waals surface area contributed by atoms with Crippen molar-refractivity contribution in [3.8, 4) is 22.8 Å². The van der Waals surface area contributed by atoms with Gasteiger partial charge < -0.3 is 4.74 Å². The van der Waals surface area contributed by atoms with E-state index in [1.54, 1.807) is 24.2 Å². The van der Waals surface area contributed by atoms with Crippen molar-refractivity contribution in [3.63, 3.8) is 0 Å². The van der Waals surface area contributed by atoms with Crippen LogP contribution in [0.5, 0.6) is 5.75 Å². The molecule has 0 fully saturated rings. The van der Waals surface area contributed by atoms with E-state index in [-0.39, 0.29) is 0 Å². The summed E-state index contributed by atoms with van der Waals surface area (Å²) in [6.07, 6.45) is 3.54. The third-order valence-electron chi connectivity index (χ3n) is 5.16. The van der Waals surface area contributed by atoms with E-state index in [4.69, 9.17) is 4.74 Å². The van der Waals surface area contributed by atoms with Crippen LogP contribution in [0.25, 0.3) is 27.8 Å². The number of pyridine rings is 1. The van der Waals surface area contributed by atoms with Gasteiger partial charge in [0, 0.05) is 29.4 Å². The fourth-order valence-corrected chi connectivity index (χ4v) is 4.51. The second kappa shape index (κ2) is 9.24. The average molecular weight is 439 g/mol. The van der Waals surface area contributed by atoms with Crippen LogP contribution in [0.15, 0.2) is 96.4 Å². The average Bonchev–Trinajstić information content (AvgIpc) is 3.28. The first-order chi connectivity index (χ1) is 15.8. The molecule has 0 aliphatic carbocycles. The van der Waals surface area contributed by atoms with Gasteiger partial charge >= 0.3 is 0 Å². The molecule has 3 aromatic carbocycles. The zero-order valence-electron chi connectivity index (χ0n) is 17.7. The summed E-state index contributed by atoms with van der Waals surface area (Å²) < 4.78 is 7.70. The van der Waals surface area contributed by atoms with Crippen molar-refractivity contribution in [2.24, 2.45) is 0 Å². The Labute approximate surface area is 191 Å². The summed E-state index contributed by atoms with van der Waals surface area (Å²) in [7, 11) is 0. The molecule has 0 aliphatic heterocycles. The van der Waals surface area contributed by atoms with Crippen LogP contribution in [0.2, 0.25) is 0 Å². The van der Waals surface area contributed by atoms with Gasteiger partial charge in [0.15, 0.2) is 11.0 Å². The summed E-state index contributed by atoms with van der Waals surface area (Å²) in [5.74, 6) is 2.44. The summed E-state index contributed by atoms with van der Waals surface area (Å²) in [6, 6.07) is 27.0. The van der Waals surface area contributed by atoms with E-state index in [2.05, 4.69) is 62.2 Å². The Kier molecular flexibility index (Phi) is 5.85. The number of aromatic nitrogens is 4. The predicted molar refractivity (Wildman–Crippen MR) is 129 cm³/mol. The zero-order chi connectivity index (χ0) is 21.8. The topological polar surface area (TPSA) is 52.8 Å². The summed E-state index contributed by atoms with van der Waals surface area (Å²) >= 11 is 1.68. The van der Waals surface area contributed by atoms with E-state index in [0.717, 1.165) is 33.7 Å². The molecule has 0 amide bonds. The Hall–Kier alpha value is -3.64. The third kappa shape index (κ3) is 4.22. The number of ether oxygens (including phenoxy) is 1. The monoisotopic (exact) mass is 438 g/mol. The van der Waals surface area contributed by atoms with Crippen LogP contribution >= 0.6 is 11.8 Å². The summed E-state index contributed by atoms with van der Waals surface area (Å²) in [6.45, 7) is 2.62. The van der Waals surface area contributed by atoms with Crippen LogP contribution in [0.1, 0.15) is 12.5 Å². The molecule has 0 spiro atoms. The normalized spacial score (nSPS) is 11.0. The molecule has 32 heavy (non-hydrogen) atoms. The maximum absolute atomic E-state index is 5.61. The van der Waals surface area contributed by atoms with Gasteiger partial charge in [-0.2, -0.15) is 0 Å². The van der Waals surface area contributed by atoms with Gasteiger partial charge in [-0.25, -0.2) is 0 Å². The minimum absolute atomic E-state index is 0.640. The second-order valence-corrected chi connectivity index (χ2v) is 8.22. The molecule has 5 nitrogen and oxygen atoms in total. The molecule has 158 valence electrons. The van der Waals surface area contributed by atoms with Crippen molar-refractivity contribution in [2.75, 3.05) is 6.61 Å². The highest BCUT2D eigenvalue weighted by Crippen LogP contribution is 2.31. The number of benzene rings is 3. The smallest absolute Gasteiger partial charge is 0.196 e. The molecular weight excluding hydrogens is 416 g/mol. The van der Waals surface area contributed by atoms with Crippen molar-refractivity contribution in [1.29, 1.82) is 0 Å². The van der Waals surface area contributed by atoms with E-state index < -0.39 is 0 Å². The lowest BCUT2D eigenvalue weighted by Gasteiger charge is -2.11. The van der Waals surface area contributed by atoms with Crippen LogP contribution in [0, 0.1) is 0 Å². The van der Waals surface area contributed by atoms with Crippen LogP contribution < -0.4 is 4.74 Å². The number of nitrogens with zero attached hydrogens (tertiary/aromatic N) is 4. The maximum atomic E-state index is 5.61. The van der Waals surface area contributed by atoms with E-state index in [0.29, 0.717) is 6.61 Å². The summed E-state index contributed by atoms with van der Waals surface area (Å²) in [5.41, 5.74) is 3.21. The molecule has 0 atom stereocenters. The van der Waals surface area contributed by atoms with Gasteiger partial charge in [-0.1, -0.05) is 54.2 Å². The molecule has 5 aromatic rings. The van der Waals surface area contributed by atoms with Gasteiger partial charge in [-0.15, -0.1) is 10.2 Å². The van der Waals surface area contributed by atoms with E-state index in [1.165, 1.54) is 16.3 Å². The van der Waals surface area contributed by atoms with Crippen molar-refractivity contribution in [2.45, 2.75) is 17.8 Å². The van der Waals surface area contributed by atoms with Crippen molar-refractivity contribution in [1.82, 2.24) is 19.7 Å². The van der Waals surface area contributed by atoms with E-state index >= 15 is 0 Å². The lowest BCUT2D eigenvalue weighted by Crippen LogP contribution is -2.00. The fraction of sp³-hybridized carbons (Fsp3) is 0.115. The number of hydrogen-bond acceptors (Lipinski definition) is 5. The quantitative estimate of drug-likeness (QED) is 0.284. The Morgan fingerprint density at radius 3 is 2.41 bits per heavy atom. The minimum atomic E-state index is 0.640. The highest BCUT2D eigenvalue weighted by atomic mass is 32.2. The highest BCUT2D eigenvalue weighted by molar-refractivity contribution is 7.98. The predicted octanol–water partition coefficient (Wildman–Crippen LogP) is 6.17. The number of rotatable bonds is 7. The molecule has 0 bridgehead atoms. The first kappa shape index (κ1) is 20.3. The van der Waals surface area contributed by atoms with Crippen LogP contribution in [0.3, 0.4) is 0 Å². The van der Waals surface area contributed by atoms with Gasteiger partial charge in [0.1, 0.15) is 5.75 Å². The summed E-state index contributed by atoms with van der Waals surface area (Å²) in [4.78, 5) is 4.13. The molecule has 0 unspecified atom stereocenters. The van der Waals surface area contributed by atoms with Crippen LogP contribution in [-0.4, -0.2) is 26.4 Å². The lowest BCUT2D eigenvalue weighted by atomic mass is 10.1. The first-order valence-corrected chi connectivity index (χ1v) is 11.5. The second-order valence-electron chi connectivity index (χ2n) is 7.27. The Morgan fingerprint density at radius 2 is 1.62 bits per heavy atom. The first-order valence-electron chi connectivity index (χ1n) is 10.5. The third-order valence-corrected chi connectivity index (χ3v) is 6.16. The largest absolute Gasteiger partial charge is 0.494 e. The lowest BCUT2D eigenvalue weighted by molar-refractivity contribution is 0.340. The maximum Gasteiger partial charge on any atom is 0.196 e. The Morgan fingerprint density at radius 1 is 0.844 bits per heavy atom. The Bertz CT molecular complexity index is 1330. The SMILES string of the molecule is CCOc1ccc(-n2c(SCc3ccc4ccccc4c3)nnc2-c2ccncc2)cc1. The number of hydrogen-bond donors (Lipinski definition) is 0. The Balaban J connectivity index is 1.49. The number of fused-ring (bicyclic) bond motifs is 1. The highest BCUT2D eigenvalue weighted by Gasteiger charge is 2.16. The molecule has 0 saturated carbocycles. The van der Waals surface area contributed by atoms with Crippen LogP contribution in [-0.2, 0) is 5.75 Å². The van der Waals surface area contributed by atoms with Gasteiger partial charge in [-0.3, -0.25) is 9.55 Å². The molecule has 2 heterocycles. The standard InChI is InChI=1S/C26H22N4OS/c1-2-31-24-11-9-23(10-12-24)30-25(21-13-15-27-16-14-21)28-29-26(30)32-18-19-7-8-20-5-3-4-6-22(20)17-19/h3-17H,2,18H2,1H3. The van der Waals surface area contributed by atoms with E-state index in [1.807, 2.05) is 43.3 Å². The van der Waals surface area contributed by atoms with Crippen molar-refractivity contribution in [3.05, 3.63) is 96.8 Å². The summed E-state index contributed by atoms with van der Waals surface area (Å²) in [5, 5.41) is 12.4. The van der Waals surface area contributed by atoms with Gasteiger partial charge in [0.25, 0.3) is 0 Å². The van der Waals surface area contributed by atoms with Gasteiger partial charge in [-0.05, 0) is 59.7 Å². The molecule has 0 aliphatic rings. The van der Waals surface area contributed by atoms with Crippen LogP contribution in [0.4, 0.5) is 0 Å². The molecule has 5 rings (SSSR count). The molecular formula is C26H22N4OS. The van der Waals surface area contributed by atoms with Gasteiger partial charge in [0.2, 0.25) is 0 Å². The molecule has 2 aromatic heterocycles. The van der Waals surface area contributed by atoms with Gasteiger partial charge in [0.05, 0.1) is 6.61 Å². The fourth-order valence-electron chi connectivity index (χ4n) is 3.62. The minimum Gasteiger partial charge on any atom is -0.494 e. The molecule has 0 saturated heterocycles. The zero-order valence-corrected chi connectivity index (χ0v) is 18.5. The van der Waals surface area contributed by atoms with Crippen molar-refractivity contribution < 1.29 is 4.74 Å². The molecule has 0 N–H and O–H groups in total. The van der Waals surface area contributed by atoms with E-state index in [9.17, 15) is 0 Å². The number of thioether (sulfide) groups is 1. The van der Waals surface area contributed by atoms with Crippen molar-refractivity contribution >= 4 is 22.5 Å². The molecule has 6 heteroatoms.